The lowest BCUT2D eigenvalue weighted by molar-refractivity contribution is 0.284. The van der Waals surface area contributed by atoms with Gasteiger partial charge in [-0.15, -0.1) is 5.92 Å². The normalized spacial score (nSPS) is 12.9. The summed E-state index contributed by atoms with van der Waals surface area (Å²) in [5.41, 5.74) is 4.27. The first-order valence-electron chi connectivity index (χ1n) is 8.91. The number of hydrogen-bond acceptors (Lipinski definition) is 4. The molecule has 0 amide bonds. The molecular weight excluding hydrogens is 338 g/mol. The highest BCUT2D eigenvalue weighted by atomic mass is 16.5. The lowest BCUT2D eigenvalue weighted by Gasteiger charge is -2.11. The van der Waals surface area contributed by atoms with Crippen LogP contribution in [0.1, 0.15) is 47.9 Å². The van der Waals surface area contributed by atoms with E-state index < -0.39 is 0 Å². The third-order valence-electron chi connectivity index (χ3n) is 4.38. The Morgan fingerprint density at radius 1 is 1.04 bits per heavy atom. The molecule has 1 N–H and O–H groups in total. The fourth-order valence-corrected chi connectivity index (χ4v) is 2.86. The Kier molecular flexibility index (Phi) is 4.26. The predicted octanol–water partition coefficient (Wildman–Crippen LogP) is 4.46. The van der Waals surface area contributed by atoms with Crippen molar-refractivity contribution in [2.45, 2.75) is 39.7 Å². The molecule has 1 aliphatic carbocycles. The summed E-state index contributed by atoms with van der Waals surface area (Å²) >= 11 is 0. The van der Waals surface area contributed by atoms with Gasteiger partial charge in [-0.1, -0.05) is 23.8 Å². The average molecular weight is 357 g/mol. The topological polar surface area (TPSA) is 55.5 Å². The van der Waals surface area contributed by atoms with Gasteiger partial charge in [0, 0.05) is 6.92 Å². The minimum Gasteiger partial charge on any atom is -0.503 e. The van der Waals surface area contributed by atoms with Crippen molar-refractivity contribution in [2.24, 2.45) is 0 Å². The highest BCUT2D eigenvalue weighted by Crippen LogP contribution is 2.37. The summed E-state index contributed by atoms with van der Waals surface area (Å²) in [5, 5.41) is 10.6. The molecule has 1 heterocycles. The zero-order valence-corrected chi connectivity index (χ0v) is 15.5. The van der Waals surface area contributed by atoms with Gasteiger partial charge in [0.05, 0.1) is 22.8 Å². The van der Waals surface area contributed by atoms with E-state index in [2.05, 4.69) is 28.7 Å². The van der Waals surface area contributed by atoms with Gasteiger partial charge in [-0.3, -0.25) is 0 Å². The Morgan fingerprint density at radius 2 is 1.74 bits per heavy atom. The van der Waals surface area contributed by atoms with Crippen LogP contribution in [0, 0.1) is 37.5 Å². The van der Waals surface area contributed by atoms with Crippen molar-refractivity contribution in [3.05, 3.63) is 52.4 Å². The average Bonchev–Trinajstić information content (AvgIpc) is 3.38. The van der Waals surface area contributed by atoms with Crippen LogP contribution in [-0.2, 0) is 0 Å². The molecule has 0 radical (unpaired) electrons. The Hall–Kier alpha value is -3.37. The van der Waals surface area contributed by atoms with Gasteiger partial charge in [-0.25, -0.2) is 4.98 Å². The first-order valence-corrected chi connectivity index (χ1v) is 8.91. The second kappa shape index (κ2) is 6.74. The Balaban J connectivity index is 1.77. The quantitative estimate of drug-likeness (QED) is 0.688. The van der Waals surface area contributed by atoms with Gasteiger partial charge in [-0.2, -0.15) is 0 Å². The monoisotopic (exact) mass is 357 g/mol. The number of fused-ring (bicyclic) bond motifs is 1. The van der Waals surface area contributed by atoms with Crippen LogP contribution in [0.15, 0.2) is 28.7 Å². The summed E-state index contributed by atoms with van der Waals surface area (Å²) in [7, 11) is 0. The second-order valence-corrected chi connectivity index (χ2v) is 6.62. The van der Waals surface area contributed by atoms with Gasteiger partial charge < -0.3 is 14.3 Å². The molecule has 1 fully saturated rings. The van der Waals surface area contributed by atoms with Gasteiger partial charge in [-0.05, 0) is 50.5 Å². The van der Waals surface area contributed by atoms with Crippen LogP contribution in [0.3, 0.4) is 0 Å². The van der Waals surface area contributed by atoms with Crippen LogP contribution in [0.5, 0.6) is 11.5 Å². The van der Waals surface area contributed by atoms with E-state index in [4.69, 9.17) is 9.15 Å². The maximum absolute atomic E-state index is 10.6. The molecule has 0 atom stereocenters. The Labute approximate surface area is 158 Å². The lowest BCUT2D eigenvalue weighted by atomic mass is 10.1. The largest absolute Gasteiger partial charge is 0.503 e. The highest BCUT2D eigenvalue weighted by molar-refractivity contribution is 5.85. The van der Waals surface area contributed by atoms with E-state index in [1.54, 1.807) is 19.9 Å². The minimum absolute atomic E-state index is 0.0930. The van der Waals surface area contributed by atoms with E-state index in [1.165, 1.54) is 0 Å². The maximum Gasteiger partial charge on any atom is 0.192 e. The molecule has 4 rings (SSSR count). The number of nitrogens with zero attached hydrogens (tertiary/aromatic N) is 1. The Morgan fingerprint density at radius 3 is 2.48 bits per heavy atom. The zero-order chi connectivity index (χ0) is 19.0. The molecule has 134 valence electrons. The zero-order valence-electron chi connectivity index (χ0n) is 15.5. The number of rotatable bonds is 2. The first-order chi connectivity index (χ1) is 13.1. The SMILES string of the molecule is CC#Cc1ccc(C#Cc2ccc(C)c(OC3CC3)c2O)c2nc(C)oc12. The fraction of sp³-hybridized carbons (Fsp3) is 0.261. The first kappa shape index (κ1) is 17.1. The summed E-state index contributed by atoms with van der Waals surface area (Å²) < 4.78 is 11.5. The van der Waals surface area contributed by atoms with E-state index in [1.807, 2.05) is 25.1 Å². The van der Waals surface area contributed by atoms with E-state index >= 15 is 0 Å². The van der Waals surface area contributed by atoms with Crippen molar-refractivity contribution in [3.8, 4) is 35.2 Å². The third-order valence-corrected chi connectivity index (χ3v) is 4.38. The molecule has 4 nitrogen and oxygen atoms in total. The number of oxazole rings is 1. The lowest BCUT2D eigenvalue weighted by Crippen LogP contribution is -1.99. The number of aryl methyl sites for hydroxylation is 2. The number of ether oxygens (including phenoxy) is 1. The van der Waals surface area contributed by atoms with Gasteiger partial charge in [0.25, 0.3) is 0 Å². The number of phenols is 1. The van der Waals surface area contributed by atoms with Crippen molar-refractivity contribution >= 4 is 11.1 Å². The van der Waals surface area contributed by atoms with Gasteiger partial charge in [0.2, 0.25) is 0 Å². The van der Waals surface area contributed by atoms with E-state index in [0.29, 0.717) is 28.3 Å². The van der Waals surface area contributed by atoms with Crippen molar-refractivity contribution in [3.63, 3.8) is 0 Å². The molecule has 2 aromatic carbocycles. The fourth-order valence-electron chi connectivity index (χ4n) is 2.86. The molecule has 0 saturated heterocycles. The van der Waals surface area contributed by atoms with Crippen molar-refractivity contribution in [1.29, 1.82) is 0 Å². The standard InChI is InChI=1S/C23H19NO3/c1-4-5-18-11-9-16(20-23(18)26-15(3)24-20)8-10-17-7-6-14(2)22(21(17)25)27-19-12-13-19/h6-7,9,11,19,25H,12-13H2,1-3H3. The molecule has 4 heteroatoms. The Bertz CT molecular complexity index is 1160. The van der Waals surface area contributed by atoms with Crippen LogP contribution in [0.25, 0.3) is 11.1 Å². The van der Waals surface area contributed by atoms with E-state index in [-0.39, 0.29) is 11.9 Å². The highest BCUT2D eigenvalue weighted by Gasteiger charge is 2.26. The van der Waals surface area contributed by atoms with E-state index in [0.717, 1.165) is 29.5 Å². The molecule has 0 bridgehead atoms. The van der Waals surface area contributed by atoms with Crippen LogP contribution in [0.4, 0.5) is 0 Å². The molecule has 27 heavy (non-hydrogen) atoms. The summed E-state index contributed by atoms with van der Waals surface area (Å²) in [6.45, 7) is 5.50. The van der Waals surface area contributed by atoms with Crippen molar-refractivity contribution in [1.82, 2.24) is 4.98 Å². The molecule has 1 saturated carbocycles. The van der Waals surface area contributed by atoms with Gasteiger partial charge in [0.1, 0.15) is 5.52 Å². The number of benzene rings is 2. The molecule has 0 spiro atoms. The van der Waals surface area contributed by atoms with E-state index in [9.17, 15) is 5.11 Å². The number of aromatic hydroxyl groups is 1. The third kappa shape index (κ3) is 3.35. The number of phenolic OH excluding ortho intramolecular Hbond substituents is 1. The van der Waals surface area contributed by atoms with Crippen molar-refractivity contribution < 1.29 is 14.3 Å². The smallest absolute Gasteiger partial charge is 0.192 e. The molecule has 1 aromatic heterocycles. The second-order valence-electron chi connectivity index (χ2n) is 6.62. The summed E-state index contributed by atoms with van der Waals surface area (Å²) in [6.07, 6.45) is 2.28. The number of hydrogen-bond donors (Lipinski definition) is 1. The molecule has 0 unspecified atom stereocenters. The van der Waals surface area contributed by atoms with Crippen LogP contribution >= 0.6 is 0 Å². The molecule has 0 aliphatic heterocycles. The van der Waals surface area contributed by atoms with Gasteiger partial charge >= 0.3 is 0 Å². The van der Waals surface area contributed by atoms with Crippen LogP contribution < -0.4 is 4.74 Å². The van der Waals surface area contributed by atoms with Gasteiger partial charge in [0.15, 0.2) is 23.0 Å². The van der Waals surface area contributed by atoms with Crippen LogP contribution in [-0.4, -0.2) is 16.2 Å². The summed E-state index contributed by atoms with van der Waals surface area (Å²) in [5.74, 6) is 13.2. The molecule has 3 aromatic rings. The summed E-state index contributed by atoms with van der Waals surface area (Å²) in [6, 6.07) is 7.48. The molecular formula is C23H19NO3. The van der Waals surface area contributed by atoms with Crippen LogP contribution in [0.2, 0.25) is 0 Å². The summed E-state index contributed by atoms with van der Waals surface area (Å²) in [4.78, 5) is 4.45. The minimum atomic E-state index is 0.0930. The van der Waals surface area contributed by atoms with Crippen molar-refractivity contribution in [2.75, 3.05) is 0 Å². The molecule has 1 aliphatic rings. The maximum atomic E-state index is 10.6. The number of aromatic nitrogens is 1. The predicted molar refractivity (Wildman–Crippen MR) is 104 cm³/mol.